The van der Waals surface area contributed by atoms with Gasteiger partial charge in [-0.25, -0.2) is 0 Å². The number of aromatic nitrogens is 2. The largest absolute Gasteiger partial charge is 0.388 e. The number of hydrogen-bond donors (Lipinski definition) is 4. The number of aromatic amines is 1. The molecule has 0 aliphatic carbocycles. The van der Waals surface area contributed by atoms with E-state index in [9.17, 15) is 19.5 Å². The van der Waals surface area contributed by atoms with Crippen LogP contribution >= 0.6 is 0 Å². The molecular weight excluding hydrogens is 460 g/mol. The second-order valence-corrected chi connectivity index (χ2v) is 9.48. The van der Waals surface area contributed by atoms with Gasteiger partial charge in [0.1, 0.15) is 12.3 Å². The lowest BCUT2D eigenvalue weighted by molar-refractivity contribution is -0.150. The molecule has 2 aliphatic heterocycles. The van der Waals surface area contributed by atoms with Crippen molar-refractivity contribution in [2.45, 2.75) is 37.8 Å². The van der Waals surface area contributed by atoms with E-state index in [4.69, 9.17) is 4.74 Å². The Balaban J connectivity index is 1.66. The van der Waals surface area contributed by atoms with Gasteiger partial charge in [0.15, 0.2) is 0 Å². The molecule has 4 atom stereocenters. The predicted octanol–water partition coefficient (Wildman–Crippen LogP) is 3.10. The number of aliphatic hydroxyl groups is 1. The SMILES string of the molecule is CC1OC(n2c3ccccc3c3c4c(c5c6ccccc6[nH]c5c32)C(=O)NC4=O)CC(NC=O)C1O. The number of H-pyrrole nitrogens is 1. The van der Waals surface area contributed by atoms with Crippen molar-refractivity contribution < 1.29 is 24.2 Å². The highest BCUT2D eigenvalue weighted by atomic mass is 16.5. The van der Waals surface area contributed by atoms with E-state index >= 15 is 0 Å². The van der Waals surface area contributed by atoms with E-state index in [1.807, 2.05) is 53.1 Å². The molecule has 5 aromatic rings. The summed E-state index contributed by atoms with van der Waals surface area (Å²) in [6, 6.07) is 14.9. The number of hydrogen-bond acceptors (Lipinski definition) is 5. The Hall–Kier alpha value is -4.21. The third-order valence-corrected chi connectivity index (χ3v) is 7.58. The van der Waals surface area contributed by atoms with Gasteiger partial charge in [0.2, 0.25) is 6.41 Å². The maximum absolute atomic E-state index is 13.2. The molecule has 0 bridgehead atoms. The van der Waals surface area contributed by atoms with Gasteiger partial charge in [-0.1, -0.05) is 36.4 Å². The van der Waals surface area contributed by atoms with Gasteiger partial charge in [0.25, 0.3) is 11.8 Å². The summed E-state index contributed by atoms with van der Waals surface area (Å²) in [5.41, 5.74) is 3.87. The molecule has 4 heterocycles. The van der Waals surface area contributed by atoms with Crippen LogP contribution < -0.4 is 10.6 Å². The van der Waals surface area contributed by atoms with E-state index in [1.54, 1.807) is 6.92 Å². The number of benzene rings is 3. The molecule has 1 saturated heterocycles. The zero-order chi connectivity index (χ0) is 24.7. The van der Waals surface area contributed by atoms with Crippen molar-refractivity contribution in [1.82, 2.24) is 20.2 Å². The molecule has 9 nitrogen and oxygen atoms in total. The van der Waals surface area contributed by atoms with Crippen LogP contribution in [0.2, 0.25) is 0 Å². The maximum atomic E-state index is 13.2. The molecule has 9 heteroatoms. The van der Waals surface area contributed by atoms with Gasteiger partial charge in [0.05, 0.1) is 39.8 Å². The minimum atomic E-state index is -0.861. The average molecular weight is 482 g/mol. The van der Waals surface area contributed by atoms with Crippen LogP contribution in [0.25, 0.3) is 43.6 Å². The van der Waals surface area contributed by atoms with Crippen molar-refractivity contribution in [3.05, 3.63) is 59.7 Å². The van der Waals surface area contributed by atoms with Gasteiger partial charge in [-0.15, -0.1) is 0 Å². The van der Waals surface area contributed by atoms with Gasteiger partial charge in [-0.05, 0) is 19.1 Å². The van der Waals surface area contributed by atoms with E-state index in [0.29, 0.717) is 34.7 Å². The summed E-state index contributed by atoms with van der Waals surface area (Å²) in [5.74, 6) is -0.840. The molecule has 4 N–H and O–H groups in total. The van der Waals surface area contributed by atoms with Crippen LogP contribution in [0.4, 0.5) is 0 Å². The van der Waals surface area contributed by atoms with Crippen LogP contribution in [0, 0.1) is 0 Å². The summed E-state index contributed by atoms with van der Waals surface area (Å²) in [5, 5.41) is 18.9. The average Bonchev–Trinajstić information content (AvgIpc) is 3.51. The number of rotatable bonds is 3. The lowest BCUT2D eigenvalue weighted by Crippen LogP contribution is -2.51. The molecule has 180 valence electrons. The molecule has 1 fully saturated rings. The van der Waals surface area contributed by atoms with E-state index in [2.05, 4.69) is 15.6 Å². The van der Waals surface area contributed by atoms with Gasteiger partial charge in [0, 0.05) is 33.5 Å². The molecule has 0 spiro atoms. The number of aliphatic hydroxyl groups excluding tert-OH is 1. The monoisotopic (exact) mass is 482 g/mol. The van der Waals surface area contributed by atoms with Crippen LogP contribution in [0.3, 0.4) is 0 Å². The fourth-order valence-corrected chi connectivity index (χ4v) is 6.06. The van der Waals surface area contributed by atoms with E-state index in [0.717, 1.165) is 32.8 Å². The third kappa shape index (κ3) is 2.64. The van der Waals surface area contributed by atoms with Crippen LogP contribution in [0.5, 0.6) is 0 Å². The standard InChI is InChI=1S/C27H22N4O5/c1-12-25(33)16(28-11-32)10-18(36-12)31-17-9-5-3-7-14(17)20-22-21(26(34)30-27(22)35)19-13-6-2-4-8-15(13)29-23(19)24(20)31/h2-9,11-12,16,18,25,29,33H,10H2,1H3,(H,28,32)(H,30,34,35). The molecule has 2 aliphatic rings. The summed E-state index contributed by atoms with van der Waals surface area (Å²) in [6.07, 6.45) is -1.04. The van der Waals surface area contributed by atoms with Gasteiger partial charge in [-0.3, -0.25) is 19.7 Å². The Morgan fingerprint density at radius 2 is 1.72 bits per heavy atom. The highest BCUT2D eigenvalue weighted by Gasteiger charge is 2.40. The molecule has 7 rings (SSSR count). The van der Waals surface area contributed by atoms with Crippen molar-refractivity contribution in [2.24, 2.45) is 0 Å². The summed E-state index contributed by atoms with van der Waals surface area (Å²) >= 11 is 0. The summed E-state index contributed by atoms with van der Waals surface area (Å²) < 4.78 is 8.33. The first-order chi connectivity index (χ1) is 17.5. The smallest absolute Gasteiger partial charge is 0.259 e. The van der Waals surface area contributed by atoms with E-state index < -0.39 is 36.3 Å². The molecule has 0 saturated carbocycles. The van der Waals surface area contributed by atoms with Crippen molar-refractivity contribution in [1.29, 1.82) is 0 Å². The topological polar surface area (TPSA) is 125 Å². The number of amides is 3. The summed E-state index contributed by atoms with van der Waals surface area (Å²) in [7, 11) is 0. The van der Waals surface area contributed by atoms with Crippen molar-refractivity contribution in [3.8, 4) is 0 Å². The second-order valence-electron chi connectivity index (χ2n) is 9.48. The van der Waals surface area contributed by atoms with Crippen molar-refractivity contribution >= 4 is 61.8 Å². The number of carbonyl (C=O) groups excluding carboxylic acids is 3. The van der Waals surface area contributed by atoms with Crippen LogP contribution in [-0.4, -0.2) is 51.1 Å². The second kappa shape index (κ2) is 7.39. The van der Waals surface area contributed by atoms with Crippen molar-refractivity contribution in [2.75, 3.05) is 0 Å². The Bertz CT molecular complexity index is 1770. The summed E-state index contributed by atoms with van der Waals surface area (Å²) in [4.78, 5) is 41.0. The first-order valence-electron chi connectivity index (χ1n) is 11.9. The zero-order valence-electron chi connectivity index (χ0n) is 19.2. The molecule has 4 unspecified atom stereocenters. The van der Waals surface area contributed by atoms with Gasteiger partial charge < -0.3 is 24.7 Å². The fraction of sp³-hybridized carbons (Fsp3) is 0.222. The quantitative estimate of drug-likeness (QED) is 0.232. The molecule has 0 radical (unpaired) electrons. The Morgan fingerprint density at radius 1 is 1.03 bits per heavy atom. The van der Waals surface area contributed by atoms with Crippen molar-refractivity contribution in [3.63, 3.8) is 0 Å². The number of ether oxygens (including phenoxy) is 1. The predicted molar refractivity (Wildman–Crippen MR) is 134 cm³/mol. The fourth-order valence-electron chi connectivity index (χ4n) is 6.06. The number of nitrogens with one attached hydrogen (secondary N) is 3. The third-order valence-electron chi connectivity index (χ3n) is 7.58. The lowest BCUT2D eigenvalue weighted by Gasteiger charge is -2.38. The lowest BCUT2D eigenvalue weighted by atomic mass is 9.96. The first-order valence-corrected chi connectivity index (χ1v) is 11.9. The molecule has 3 aromatic carbocycles. The molecule has 2 aromatic heterocycles. The highest BCUT2D eigenvalue weighted by Crippen LogP contribution is 2.45. The Kier molecular flexibility index (Phi) is 4.33. The molecule has 3 amide bonds. The number of imide groups is 1. The van der Waals surface area contributed by atoms with Gasteiger partial charge >= 0.3 is 0 Å². The highest BCUT2D eigenvalue weighted by molar-refractivity contribution is 6.39. The molecular formula is C27H22N4O5. The maximum Gasteiger partial charge on any atom is 0.259 e. The van der Waals surface area contributed by atoms with E-state index in [1.165, 1.54) is 0 Å². The van der Waals surface area contributed by atoms with Crippen LogP contribution in [0.1, 0.15) is 40.3 Å². The minimum absolute atomic E-state index is 0.321. The summed E-state index contributed by atoms with van der Waals surface area (Å²) in [6.45, 7) is 1.77. The number of fused-ring (bicyclic) bond motifs is 10. The normalized spacial score (nSPS) is 24.1. The Morgan fingerprint density at radius 3 is 2.50 bits per heavy atom. The van der Waals surface area contributed by atoms with Crippen LogP contribution in [0.15, 0.2) is 48.5 Å². The number of carbonyl (C=O) groups is 3. The first kappa shape index (κ1) is 21.1. The van der Waals surface area contributed by atoms with Gasteiger partial charge in [-0.2, -0.15) is 0 Å². The number of nitrogens with zero attached hydrogens (tertiary/aromatic N) is 1. The minimum Gasteiger partial charge on any atom is -0.388 e. The van der Waals surface area contributed by atoms with E-state index in [-0.39, 0.29) is 0 Å². The van der Waals surface area contributed by atoms with Crippen LogP contribution in [-0.2, 0) is 9.53 Å². The molecule has 36 heavy (non-hydrogen) atoms. The number of para-hydroxylation sites is 2. The zero-order valence-corrected chi connectivity index (χ0v) is 19.2. The Labute approximate surface area is 204 Å².